The highest BCUT2D eigenvalue weighted by atomic mass is 35.5. The summed E-state index contributed by atoms with van der Waals surface area (Å²) in [5.41, 5.74) is 6.57. The quantitative estimate of drug-likeness (QED) is 0.836. The van der Waals surface area contributed by atoms with E-state index >= 15 is 0 Å². The van der Waals surface area contributed by atoms with Crippen molar-refractivity contribution in [3.63, 3.8) is 0 Å². The molecule has 1 aliphatic rings. The molecule has 0 aliphatic carbocycles. The van der Waals surface area contributed by atoms with Gasteiger partial charge in [0, 0.05) is 17.7 Å². The molecule has 4 heteroatoms. The first-order valence-electron chi connectivity index (χ1n) is 5.82. The van der Waals surface area contributed by atoms with Crippen LogP contribution < -0.4 is 5.73 Å². The Hall–Kier alpha value is -0.800. The van der Waals surface area contributed by atoms with E-state index in [1.807, 2.05) is 6.07 Å². The van der Waals surface area contributed by atoms with Gasteiger partial charge in [0.05, 0.1) is 16.2 Å². The number of nitrogens with two attached hydrogens (primary N) is 1. The summed E-state index contributed by atoms with van der Waals surface area (Å²) in [4.78, 5) is 4.13. The van der Waals surface area contributed by atoms with E-state index < -0.39 is 0 Å². The molecule has 1 aromatic heterocycles. The first-order valence-corrected chi connectivity index (χ1v) is 6.20. The maximum Gasteiger partial charge on any atom is 0.127 e. The van der Waals surface area contributed by atoms with Gasteiger partial charge in [-0.3, -0.25) is 0 Å². The lowest BCUT2D eigenvalue weighted by atomic mass is 9.82. The lowest BCUT2D eigenvalue weighted by Crippen LogP contribution is -2.28. The van der Waals surface area contributed by atoms with Crippen LogP contribution in [-0.4, -0.2) is 16.2 Å². The number of nitrogens with zero attached hydrogens (tertiary/aromatic N) is 1. The maximum atomic E-state index is 6.07. The van der Waals surface area contributed by atoms with E-state index in [2.05, 4.69) is 32.7 Å². The lowest BCUT2D eigenvalue weighted by Gasteiger charge is -2.28. The van der Waals surface area contributed by atoms with Crippen LogP contribution in [0.25, 0.3) is 0 Å². The van der Waals surface area contributed by atoms with E-state index in [0.29, 0.717) is 10.8 Å². The number of ether oxygens (including phenoxy) is 1. The van der Waals surface area contributed by atoms with Gasteiger partial charge < -0.3 is 10.5 Å². The molecular weight excluding hydrogens is 236 g/mol. The van der Waals surface area contributed by atoms with Crippen molar-refractivity contribution in [2.45, 2.75) is 51.2 Å². The van der Waals surface area contributed by atoms with Gasteiger partial charge in [0.2, 0.25) is 0 Å². The molecule has 1 fully saturated rings. The minimum atomic E-state index is -0.246. The Morgan fingerprint density at radius 2 is 2.06 bits per heavy atom. The van der Waals surface area contributed by atoms with E-state index in [0.717, 1.165) is 12.0 Å². The highest BCUT2D eigenvalue weighted by Crippen LogP contribution is 2.48. The molecule has 2 heterocycles. The summed E-state index contributed by atoms with van der Waals surface area (Å²) in [6.45, 7) is 8.38. The fraction of sp³-hybridized carbons (Fsp3) is 0.615. The molecule has 17 heavy (non-hydrogen) atoms. The molecule has 1 unspecified atom stereocenters. The summed E-state index contributed by atoms with van der Waals surface area (Å²) < 4.78 is 6.07. The first kappa shape index (κ1) is 12.7. The average molecular weight is 255 g/mol. The van der Waals surface area contributed by atoms with Crippen LogP contribution in [0.15, 0.2) is 12.3 Å². The molecule has 1 saturated heterocycles. The van der Waals surface area contributed by atoms with E-state index in [1.165, 1.54) is 0 Å². The van der Waals surface area contributed by atoms with Gasteiger partial charge >= 0.3 is 0 Å². The van der Waals surface area contributed by atoms with Crippen LogP contribution in [0.4, 0.5) is 5.82 Å². The van der Waals surface area contributed by atoms with Crippen LogP contribution in [0.1, 0.15) is 45.6 Å². The average Bonchev–Trinajstić information content (AvgIpc) is 2.38. The van der Waals surface area contributed by atoms with Crippen LogP contribution in [0.3, 0.4) is 0 Å². The van der Waals surface area contributed by atoms with Gasteiger partial charge in [0.15, 0.2) is 0 Å². The summed E-state index contributed by atoms with van der Waals surface area (Å²) in [6, 6.07) is 1.90. The standard InChI is InChI=1S/C13H19ClN2O/c1-12(2)6-10(13(3,4)17-12)9-5-8(14)7-16-11(9)15/h5,7,10H,6H2,1-4H3,(H2,15,16). The summed E-state index contributed by atoms with van der Waals surface area (Å²) in [6.07, 6.45) is 2.50. The summed E-state index contributed by atoms with van der Waals surface area (Å²) in [5, 5.41) is 0.620. The van der Waals surface area contributed by atoms with Gasteiger partial charge in [0.1, 0.15) is 5.82 Å². The number of anilines is 1. The van der Waals surface area contributed by atoms with Crippen LogP contribution in [0.2, 0.25) is 5.02 Å². The van der Waals surface area contributed by atoms with Gasteiger partial charge in [-0.25, -0.2) is 4.98 Å². The number of hydrogen-bond donors (Lipinski definition) is 1. The molecule has 0 spiro atoms. The summed E-state index contributed by atoms with van der Waals surface area (Å²) in [5.74, 6) is 0.775. The highest BCUT2D eigenvalue weighted by molar-refractivity contribution is 6.30. The zero-order valence-corrected chi connectivity index (χ0v) is 11.5. The summed E-state index contributed by atoms with van der Waals surface area (Å²) in [7, 11) is 0. The Bertz CT molecular complexity index is 443. The lowest BCUT2D eigenvalue weighted by molar-refractivity contribution is -0.0680. The third kappa shape index (κ3) is 2.40. The fourth-order valence-electron chi connectivity index (χ4n) is 2.79. The van der Waals surface area contributed by atoms with Crippen LogP contribution in [0, 0.1) is 0 Å². The van der Waals surface area contributed by atoms with E-state index in [-0.39, 0.29) is 17.1 Å². The largest absolute Gasteiger partial charge is 0.383 e. The molecule has 2 N–H and O–H groups in total. The van der Waals surface area contributed by atoms with E-state index in [4.69, 9.17) is 22.1 Å². The second-order valence-electron chi connectivity index (χ2n) is 5.85. The Balaban J connectivity index is 2.43. The number of nitrogen functional groups attached to an aromatic ring is 1. The maximum absolute atomic E-state index is 6.07. The zero-order valence-electron chi connectivity index (χ0n) is 10.7. The van der Waals surface area contributed by atoms with Crippen molar-refractivity contribution in [3.8, 4) is 0 Å². The molecule has 1 aromatic rings. The van der Waals surface area contributed by atoms with Crippen molar-refractivity contribution in [1.29, 1.82) is 0 Å². The van der Waals surface area contributed by atoms with Crippen molar-refractivity contribution < 1.29 is 4.74 Å². The Kier molecular flexibility index (Phi) is 2.87. The van der Waals surface area contributed by atoms with E-state index in [9.17, 15) is 0 Å². The zero-order chi connectivity index (χ0) is 12.8. The first-order chi connectivity index (χ1) is 7.71. The van der Waals surface area contributed by atoms with Crippen LogP contribution in [-0.2, 0) is 4.74 Å². The number of aromatic nitrogens is 1. The molecule has 0 saturated carbocycles. The van der Waals surface area contributed by atoms with Gasteiger partial charge in [-0.15, -0.1) is 0 Å². The second-order valence-corrected chi connectivity index (χ2v) is 6.29. The van der Waals surface area contributed by atoms with Gasteiger partial charge in [0.25, 0.3) is 0 Å². The predicted molar refractivity (Wildman–Crippen MR) is 70.3 cm³/mol. The normalized spacial score (nSPS) is 26.1. The molecule has 1 aliphatic heterocycles. The van der Waals surface area contributed by atoms with Crippen molar-refractivity contribution in [2.24, 2.45) is 0 Å². The minimum Gasteiger partial charge on any atom is -0.383 e. The smallest absolute Gasteiger partial charge is 0.127 e. The molecule has 94 valence electrons. The van der Waals surface area contributed by atoms with Gasteiger partial charge in [-0.1, -0.05) is 11.6 Å². The van der Waals surface area contributed by atoms with Gasteiger partial charge in [-0.2, -0.15) is 0 Å². The monoisotopic (exact) mass is 254 g/mol. The molecule has 2 rings (SSSR count). The topological polar surface area (TPSA) is 48.1 Å². The van der Waals surface area contributed by atoms with E-state index in [1.54, 1.807) is 6.20 Å². The summed E-state index contributed by atoms with van der Waals surface area (Å²) >= 11 is 6.00. The molecular formula is C13H19ClN2O. The van der Waals surface area contributed by atoms with Gasteiger partial charge in [-0.05, 0) is 40.2 Å². The predicted octanol–water partition coefficient (Wildman–Crippen LogP) is 3.38. The Morgan fingerprint density at radius 1 is 1.41 bits per heavy atom. The van der Waals surface area contributed by atoms with Crippen molar-refractivity contribution >= 4 is 17.4 Å². The molecule has 3 nitrogen and oxygen atoms in total. The Labute approximate surface area is 107 Å². The fourth-order valence-corrected chi connectivity index (χ4v) is 2.96. The minimum absolute atomic E-state index is 0.136. The van der Waals surface area contributed by atoms with Crippen molar-refractivity contribution in [3.05, 3.63) is 22.8 Å². The molecule has 1 atom stereocenters. The van der Waals surface area contributed by atoms with Crippen molar-refractivity contribution in [2.75, 3.05) is 5.73 Å². The number of rotatable bonds is 1. The highest BCUT2D eigenvalue weighted by Gasteiger charge is 2.47. The van der Waals surface area contributed by atoms with Crippen LogP contribution in [0.5, 0.6) is 0 Å². The Morgan fingerprint density at radius 3 is 2.59 bits per heavy atom. The third-order valence-electron chi connectivity index (χ3n) is 3.37. The van der Waals surface area contributed by atoms with Crippen LogP contribution >= 0.6 is 11.6 Å². The number of halogens is 1. The molecule has 0 bridgehead atoms. The SMILES string of the molecule is CC1(C)CC(c2cc(Cl)cnc2N)C(C)(C)O1. The molecule has 0 aromatic carbocycles. The number of hydrogen-bond acceptors (Lipinski definition) is 3. The third-order valence-corrected chi connectivity index (χ3v) is 3.57. The molecule has 0 radical (unpaired) electrons. The number of pyridine rings is 1. The second kappa shape index (κ2) is 3.85. The molecule has 0 amide bonds. The van der Waals surface area contributed by atoms with Crippen molar-refractivity contribution in [1.82, 2.24) is 4.98 Å².